The van der Waals surface area contributed by atoms with E-state index in [0.29, 0.717) is 0 Å². The number of hydrogen-bond acceptors (Lipinski definition) is 3. The lowest BCUT2D eigenvalue weighted by Crippen LogP contribution is -1.88. The largest absolute Gasteiger partial charge is 0.269 e. The van der Waals surface area contributed by atoms with Gasteiger partial charge in [-0.3, -0.25) is 10.1 Å². The lowest BCUT2D eigenvalue weighted by atomic mass is 10.2. The zero-order valence-corrected chi connectivity index (χ0v) is 10.8. The fourth-order valence-corrected chi connectivity index (χ4v) is 2.37. The molecule has 0 heterocycles. The summed E-state index contributed by atoms with van der Waals surface area (Å²) in [7, 11) is 0. The van der Waals surface area contributed by atoms with Gasteiger partial charge in [0.2, 0.25) is 0 Å². The van der Waals surface area contributed by atoms with Crippen molar-refractivity contribution in [1.82, 2.24) is 0 Å². The SMILES string of the molecule is Cc1ccc(SCc2ccc([N+](=O)[O-])cc2)cc1. The fourth-order valence-electron chi connectivity index (χ4n) is 1.52. The van der Waals surface area contributed by atoms with Crippen molar-refractivity contribution < 1.29 is 4.92 Å². The number of aryl methyl sites for hydroxylation is 1. The summed E-state index contributed by atoms with van der Waals surface area (Å²) in [6.07, 6.45) is 0. The Labute approximate surface area is 110 Å². The van der Waals surface area contributed by atoms with Crippen LogP contribution in [-0.2, 0) is 5.75 Å². The third-order valence-electron chi connectivity index (χ3n) is 2.57. The molecule has 0 aromatic heterocycles. The first-order chi connectivity index (χ1) is 8.65. The quantitative estimate of drug-likeness (QED) is 0.469. The molecule has 2 rings (SSSR count). The van der Waals surface area contributed by atoms with Gasteiger partial charge < -0.3 is 0 Å². The molecule has 0 amide bonds. The molecule has 92 valence electrons. The number of thioether (sulfide) groups is 1. The minimum atomic E-state index is -0.378. The molecule has 3 nitrogen and oxygen atoms in total. The van der Waals surface area contributed by atoms with Crippen molar-refractivity contribution in [3.05, 3.63) is 69.8 Å². The van der Waals surface area contributed by atoms with Crippen molar-refractivity contribution in [2.75, 3.05) is 0 Å². The highest BCUT2D eigenvalue weighted by atomic mass is 32.2. The minimum Gasteiger partial charge on any atom is -0.258 e. The molecule has 0 saturated heterocycles. The highest BCUT2D eigenvalue weighted by molar-refractivity contribution is 7.98. The van der Waals surface area contributed by atoms with Crippen LogP contribution < -0.4 is 0 Å². The number of nitro benzene ring substituents is 1. The highest BCUT2D eigenvalue weighted by Gasteiger charge is 2.04. The molecule has 0 N–H and O–H groups in total. The van der Waals surface area contributed by atoms with Crippen LogP contribution in [0.2, 0.25) is 0 Å². The molecular formula is C14H13NO2S. The summed E-state index contributed by atoms with van der Waals surface area (Å²) in [5.41, 5.74) is 2.47. The lowest BCUT2D eigenvalue weighted by Gasteiger charge is -2.02. The van der Waals surface area contributed by atoms with Gasteiger partial charge in [-0.15, -0.1) is 11.8 Å². The number of nitro groups is 1. The Balaban J connectivity index is 1.97. The Kier molecular flexibility index (Phi) is 3.99. The number of non-ortho nitro benzene ring substituents is 1. The first-order valence-electron chi connectivity index (χ1n) is 5.58. The maximum absolute atomic E-state index is 10.5. The summed E-state index contributed by atoms with van der Waals surface area (Å²) in [6, 6.07) is 15.0. The molecule has 2 aromatic rings. The molecule has 0 atom stereocenters. The molecule has 0 aliphatic carbocycles. The first kappa shape index (κ1) is 12.6. The molecule has 18 heavy (non-hydrogen) atoms. The second-order valence-corrected chi connectivity index (χ2v) is 5.07. The van der Waals surface area contributed by atoms with E-state index in [1.807, 2.05) is 0 Å². The van der Waals surface area contributed by atoms with Gasteiger partial charge in [0.05, 0.1) is 4.92 Å². The monoisotopic (exact) mass is 259 g/mol. The molecule has 4 heteroatoms. The number of nitrogens with zero attached hydrogens (tertiary/aromatic N) is 1. The van der Waals surface area contributed by atoms with E-state index in [-0.39, 0.29) is 10.6 Å². The molecular weight excluding hydrogens is 246 g/mol. The van der Waals surface area contributed by atoms with Crippen molar-refractivity contribution in [3.8, 4) is 0 Å². The van der Waals surface area contributed by atoms with E-state index >= 15 is 0 Å². The third kappa shape index (κ3) is 3.34. The van der Waals surface area contributed by atoms with Gasteiger partial charge in [0.25, 0.3) is 5.69 Å². The predicted molar refractivity (Wildman–Crippen MR) is 73.8 cm³/mol. The van der Waals surface area contributed by atoms with Crippen molar-refractivity contribution in [2.45, 2.75) is 17.6 Å². The van der Waals surface area contributed by atoms with Gasteiger partial charge in [-0.05, 0) is 24.6 Å². The average molecular weight is 259 g/mol. The maximum Gasteiger partial charge on any atom is 0.269 e. The molecule has 0 saturated carbocycles. The Morgan fingerprint density at radius 2 is 1.67 bits per heavy atom. The Morgan fingerprint density at radius 3 is 2.22 bits per heavy atom. The van der Waals surface area contributed by atoms with Gasteiger partial charge in [0, 0.05) is 22.8 Å². The van der Waals surface area contributed by atoms with Gasteiger partial charge in [-0.1, -0.05) is 29.8 Å². The molecule has 0 unspecified atom stereocenters. The van der Waals surface area contributed by atoms with E-state index < -0.39 is 0 Å². The Bertz CT molecular complexity index is 535. The van der Waals surface area contributed by atoms with Gasteiger partial charge in [0.15, 0.2) is 0 Å². The van der Waals surface area contributed by atoms with E-state index in [9.17, 15) is 10.1 Å². The van der Waals surface area contributed by atoms with Crippen LogP contribution in [0.3, 0.4) is 0 Å². The van der Waals surface area contributed by atoms with Crippen LogP contribution in [-0.4, -0.2) is 4.92 Å². The van der Waals surface area contributed by atoms with Crippen LogP contribution in [0.1, 0.15) is 11.1 Å². The second-order valence-electron chi connectivity index (χ2n) is 4.03. The summed E-state index contributed by atoms with van der Waals surface area (Å²) in [6.45, 7) is 2.06. The summed E-state index contributed by atoms with van der Waals surface area (Å²) in [5, 5.41) is 10.5. The second kappa shape index (κ2) is 5.69. The minimum absolute atomic E-state index is 0.138. The van der Waals surface area contributed by atoms with E-state index in [0.717, 1.165) is 11.3 Å². The zero-order chi connectivity index (χ0) is 13.0. The van der Waals surface area contributed by atoms with E-state index in [1.165, 1.54) is 10.5 Å². The number of hydrogen-bond donors (Lipinski definition) is 0. The van der Waals surface area contributed by atoms with E-state index in [1.54, 1.807) is 36.0 Å². The van der Waals surface area contributed by atoms with Crippen molar-refractivity contribution in [2.24, 2.45) is 0 Å². The zero-order valence-electron chi connectivity index (χ0n) is 10.00. The van der Waals surface area contributed by atoms with Crippen LogP contribution >= 0.6 is 11.8 Å². The fraction of sp³-hybridized carbons (Fsp3) is 0.143. The molecule has 0 aliphatic rings. The molecule has 0 spiro atoms. The topological polar surface area (TPSA) is 43.1 Å². The van der Waals surface area contributed by atoms with Gasteiger partial charge in [0.1, 0.15) is 0 Å². The summed E-state index contributed by atoms with van der Waals surface area (Å²) in [4.78, 5) is 11.4. The molecule has 0 fully saturated rings. The van der Waals surface area contributed by atoms with Gasteiger partial charge >= 0.3 is 0 Å². The van der Waals surface area contributed by atoms with Crippen LogP contribution in [0.25, 0.3) is 0 Å². The molecule has 0 aliphatic heterocycles. The smallest absolute Gasteiger partial charge is 0.258 e. The Morgan fingerprint density at radius 1 is 1.06 bits per heavy atom. The average Bonchev–Trinajstić information content (AvgIpc) is 2.38. The van der Waals surface area contributed by atoms with Crippen molar-refractivity contribution in [3.63, 3.8) is 0 Å². The molecule has 0 bridgehead atoms. The Hall–Kier alpha value is -1.81. The normalized spacial score (nSPS) is 10.3. The lowest BCUT2D eigenvalue weighted by molar-refractivity contribution is -0.384. The van der Waals surface area contributed by atoms with Crippen LogP contribution in [0, 0.1) is 17.0 Å². The van der Waals surface area contributed by atoms with Gasteiger partial charge in [-0.25, -0.2) is 0 Å². The predicted octanol–water partition coefficient (Wildman–Crippen LogP) is 4.20. The maximum atomic E-state index is 10.5. The number of benzene rings is 2. The van der Waals surface area contributed by atoms with Crippen molar-refractivity contribution in [1.29, 1.82) is 0 Å². The van der Waals surface area contributed by atoms with Crippen LogP contribution in [0.5, 0.6) is 0 Å². The first-order valence-corrected chi connectivity index (χ1v) is 6.56. The van der Waals surface area contributed by atoms with E-state index in [2.05, 4.69) is 31.2 Å². The number of rotatable bonds is 4. The molecule has 0 radical (unpaired) electrons. The third-order valence-corrected chi connectivity index (χ3v) is 3.66. The standard InChI is InChI=1S/C14H13NO2S/c1-11-2-8-14(9-3-11)18-10-12-4-6-13(7-5-12)15(16)17/h2-9H,10H2,1H3. The molecule has 2 aromatic carbocycles. The van der Waals surface area contributed by atoms with Gasteiger partial charge in [-0.2, -0.15) is 0 Å². The summed E-state index contributed by atoms with van der Waals surface area (Å²) < 4.78 is 0. The highest BCUT2D eigenvalue weighted by Crippen LogP contribution is 2.24. The van der Waals surface area contributed by atoms with Crippen LogP contribution in [0.4, 0.5) is 5.69 Å². The van der Waals surface area contributed by atoms with E-state index in [4.69, 9.17) is 0 Å². The van der Waals surface area contributed by atoms with Crippen molar-refractivity contribution >= 4 is 17.4 Å². The van der Waals surface area contributed by atoms with Crippen LogP contribution in [0.15, 0.2) is 53.4 Å². The summed E-state index contributed by atoms with van der Waals surface area (Å²) in [5.74, 6) is 0.820. The summed E-state index contributed by atoms with van der Waals surface area (Å²) >= 11 is 1.73.